The molecule has 1 heterocycles. The number of anilines is 6. The van der Waals surface area contributed by atoms with Gasteiger partial charge in [0, 0.05) is 49.9 Å². The number of furan rings is 1. The van der Waals surface area contributed by atoms with Crippen LogP contribution in [0.2, 0.25) is 0 Å². The zero-order chi connectivity index (χ0) is 79.6. The lowest BCUT2D eigenvalue weighted by atomic mass is 9.67. The monoisotopic (exact) mass is 1520 g/mol. The highest BCUT2D eigenvalue weighted by atomic mass is 16.3. The Morgan fingerprint density at radius 1 is 0.202 bits per heavy atom. The highest BCUT2D eigenvalue weighted by Crippen LogP contribution is 2.61. The SMILES string of the molecule is CC1(C)c2ccccc2-c2c(N(c3ccc(-c4ccccc4)cc3)c3ccc(-c4ccc5c(c4)-c4ccccc4C5(c4ccccc4)c4ccccc4)cc3)cccc21.CC1(C)c2ccccc2-c2ccc(N(c3ccc(-c4ccc5c(c4)-c4ccccc4C5(c4ccccc4)c4ccccc4)cc3)c3cccc4c3oc3ccccc34)cc21. The molecule has 3 heteroatoms. The molecular weight excluding hydrogens is 1440 g/mol. The van der Waals surface area contributed by atoms with Crippen molar-refractivity contribution in [2.75, 3.05) is 9.80 Å². The molecule has 3 nitrogen and oxygen atoms in total. The van der Waals surface area contributed by atoms with Gasteiger partial charge in [-0.1, -0.05) is 386 Å². The van der Waals surface area contributed by atoms with Crippen LogP contribution in [-0.4, -0.2) is 0 Å². The first-order chi connectivity index (χ1) is 58.5. The van der Waals surface area contributed by atoms with Crippen LogP contribution in [0.5, 0.6) is 0 Å². The maximum absolute atomic E-state index is 6.70. The first kappa shape index (κ1) is 70.9. The average Bonchev–Trinajstić information content (AvgIpc) is 1.54. The molecule has 0 aliphatic heterocycles. The Labute approximate surface area is 696 Å². The summed E-state index contributed by atoms with van der Waals surface area (Å²) in [6.07, 6.45) is 0. The Kier molecular flexibility index (Phi) is 16.7. The number of nitrogens with zero attached hydrogens (tertiary/aromatic N) is 2. The molecule has 0 saturated heterocycles. The summed E-state index contributed by atoms with van der Waals surface area (Å²) < 4.78 is 6.70. The van der Waals surface area contributed by atoms with Crippen molar-refractivity contribution in [3.8, 4) is 77.9 Å². The van der Waals surface area contributed by atoms with E-state index < -0.39 is 10.8 Å². The molecule has 0 saturated carbocycles. The van der Waals surface area contributed by atoms with Crippen LogP contribution < -0.4 is 9.80 Å². The first-order valence-corrected chi connectivity index (χ1v) is 41.6. The molecular formula is C116H84N2O. The lowest BCUT2D eigenvalue weighted by molar-refractivity contribution is 0.660. The molecule has 564 valence electrons. The van der Waals surface area contributed by atoms with Crippen LogP contribution in [0.1, 0.15) is 94.5 Å². The van der Waals surface area contributed by atoms with Crippen molar-refractivity contribution in [2.45, 2.75) is 49.4 Å². The van der Waals surface area contributed by atoms with Gasteiger partial charge in [-0.25, -0.2) is 0 Å². The first-order valence-electron chi connectivity index (χ1n) is 41.6. The predicted molar refractivity (Wildman–Crippen MR) is 496 cm³/mol. The number of hydrogen-bond acceptors (Lipinski definition) is 3. The van der Waals surface area contributed by atoms with E-state index in [0.29, 0.717) is 0 Å². The van der Waals surface area contributed by atoms with Gasteiger partial charge in [0.05, 0.1) is 22.2 Å². The fraction of sp³-hybridized carbons (Fsp3) is 0.0690. The second-order valence-corrected chi connectivity index (χ2v) is 33.3. The molecule has 18 aromatic carbocycles. The summed E-state index contributed by atoms with van der Waals surface area (Å²) >= 11 is 0. The fourth-order valence-corrected chi connectivity index (χ4v) is 20.8. The van der Waals surface area contributed by atoms with Gasteiger partial charge in [-0.2, -0.15) is 0 Å². The molecule has 19 aromatic rings. The average molecular weight is 1520 g/mol. The van der Waals surface area contributed by atoms with Gasteiger partial charge in [0.15, 0.2) is 5.58 Å². The molecule has 0 spiro atoms. The van der Waals surface area contributed by atoms with E-state index in [1.54, 1.807) is 0 Å². The van der Waals surface area contributed by atoms with E-state index in [2.05, 4.69) is 468 Å². The van der Waals surface area contributed by atoms with Gasteiger partial charge in [0.25, 0.3) is 0 Å². The molecule has 119 heavy (non-hydrogen) atoms. The summed E-state index contributed by atoms with van der Waals surface area (Å²) in [4.78, 5) is 4.82. The van der Waals surface area contributed by atoms with Crippen LogP contribution in [0, 0.1) is 0 Å². The molecule has 0 amide bonds. The fourth-order valence-electron chi connectivity index (χ4n) is 20.8. The minimum atomic E-state index is -0.416. The molecule has 4 aliphatic rings. The van der Waals surface area contributed by atoms with E-state index in [4.69, 9.17) is 4.42 Å². The molecule has 1 aromatic heterocycles. The van der Waals surface area contributed by atoms with Gasteiger partial charge < -0.3 is 14.2 Å². The summed E-state index contributed by atoms with van der Waals surface area (Å²) in [5.41, 5.74) is 40.7. The largest absolute Gasteiger partial charge is 0.454 e. The van der Waals surface area contributed by atoms with Crippen LogP contribution >= 0.6 is 0 Å². The Hall–Kier alpha value is -14.6. The van der Waals surface area contributed by atoms with Gasteiger partial charge in [0.1, 0.15) is 5.58 Å². The lowest BCUT2D eigenvalue weighted by Gasteiger charge is -2.33. The van der Waals surface area contributed by atoms with Gasteiger partial charge >= 0.3 is 0 Å². The van der Waals surface area contributed by atoms with Crippen molar-refractivity contribution < 1.29 is 4.42 Å². The van der Waals surface area contributed by atoms with Crippen molar-refractivity contribution in [1.82, 2.24) is 0 Å². The minimum absolute atomic E-state index is 0.0978. The number of rotatable bonds is 13. The molecule has 0 atom stereocenters. The highest BCUT2D eigenvalue weighted by molar-refractivity contribution is 6.10. The van der Waals surface area contributed by atoms with Crippen LogP contribution in [-0.2, 0) is 21.7 Å². The number of benzene rings is 18. The third kappa shape index (κ3) is 11.1. The van der Waals surface area contributed by atoms with Gasteiger partial charge in [-0.15, -0.1) is 0 Å². The number of hydrogen-bond donors (Lipinski definition) is 0. The topological polar surface area (TPSA) is 19.6 Å². The zero-order valence-electron chi connectivity index (χ0n) is 66.9. The third-order valence-electron chi connectivity index (χ3n) is 26.3. The molecule has 0 radical (unpaired) electrons. The van der Waals surface area contributed by atoms with Crippen LogP contribution in [0.4, 0.5) is 34.1 Å². The predicted octanol–water partition coefficient (Wildman–Crippen LogP) is 30.6. The Bertz CT molecular complexity index is 7050. The summed E-state index contributed by atoms with van der Waals surface area (Å²) in [7, 11) is 0. The Morgan fingerprint density at radius 2 is 0.529 bits per heavy atom. The van der Waals surface area contributed by atoms with Gasteiger partial charge in [-0.3, -0.25) is 0 Å². The summed E-state index contributed by atoms with van der Waals surface area (Å²) in [6, 6.07) is 161. The minimum Gasteiger partial charge on any atom is -0.454 e. The van der Waals surface area contributed by atoms with E-state index in [-0.39, 0.29) is 10.8 Å². The third-order valence-corrected chi connectivity index (χ3v) is 26.3. The summed E-state index contributed by atoms with van der Waals surface area (Å²) in [5.74, 6) is 0. The molecule has 23 rings (SSSR count). The summed E-state index contributed by atoms with van der Waals surface area (Å²) in [5, 5.41) is 2.23. The lowest BCUT2D eigenvalue weighted by Crippen LogP contribution is -2.28. The smallest absolute Gasteiger partial charge is 0.159 e. The van der Waals surface area contributed by atoms with Crippen molar-refractivity contribution in [1.29, 1.82) is 0 Å². The summed E-state index contributed by atoms with van der Waals surface area (Å²) in [6.45, 7) is 9.40. The quantitative estimate of drug-likeness (QED) is 0.115. The molecule has 0 bridgehead atoms. The Balaban J connectivity index is 0.000000143. The van der Waals surface area contributed by atoms with Crippen LogP contribution in [0.15, 0.2) is 441 Å². The molecule has 0 N–H and O–H groups in total. The van der Waals surface area contributed by atoms with Gasteiger partial charge in [0.2, 0.25) is 0 Å². The molecule has 0 unspecified atom stereocenters. The second-order valence-electron chi connectivity index (χ2n) is 33.3. The second kappa shape index (κ2) is 28.1. The van der Waals surface area contributed by atoms with Crippen LogP contribution in [0.25, 0.3) is 99.8 Å². The highest BCUT2D eigenvalue weighted by Gasteiger charge is 2.48. The Morgan fingerprint density at radius 3 is 1.03 bits per heavy atom. The normalized spacial score (nSPS) is 14.0. The van der Waals surface area contributed by atoms with E-state index in [0.717, 1.165) is 50.4 Å². The molecule has 4 aliphatic carbocycles. The maximum atomic E-state index is 6.70. The van der Waals surface area contributed by atoms with E-state index in [1.165, 1.54) is 150 Å². The van der Waals surface area contributed by atoms with Gasteiger partial charge in [-0.05, 0) is 218 Å². The van der Waals surface area contributed by atoms with Crippen molar-refractivity contribution in [3.05, 3.63) is 504 Å². The maximum Gasteiger partial charge on any atom is 0.159 e. The van der Waals surface area contributed by atoms with E-state index >= 15 is 0 Å². The zero-order valence-corrected chi connectivity index (χ0v) is 66.9. The standard InChI is InChI=1S/C58H41NO.C58H43N/c1-57(2)50-24-12-9-20-44(50)46-34-33-43(37-53(46)57)59(54-26-15-23-48-47-22-11-14-27-55(47)60-56(48)54)42-31-28-38(29-32-42)39-30-35-52-49(36-39)45-21-10-13-25-51(45)58(52,40-16-5-3-6-17-40)41-18-7-4-8-19-41;1-57(2)51-25-14-13-24-49(51)56-54(57)27-16-28-55(56)59(46-34-29-41(30-35-46)40-17-6-3-7-18-40)47-36-31-42(32-37-47)43-33-38-53-50(39-43)48-23-12-15-26-52(48)58(53,44-19-8-4-9-20-44)45-21-10-5-11-22-45/h3-37H,1-2H3;3-39H,1-2H3. The van der Waals surface area contributed by atoms with Crippen molar-refractivity contribution >= 4 is 56.1 Å². The van der Waals surface area contributed by atoms with Crippen molar-refractivity contribution in [3.63, 3.8) is 0 Å². The number of fused-ring (bicyclic) bond motifs is 15. The van der Waals surface area contributed by atoms with E-state index in [1.807, 2.05) is 6.07 Å². The van der Waals surface area contributed by atoms with Crippen LogP contribution in [0.3, 0.4) is 0 Å². The van der Waals surface area contributed by atoms with E-state index in [9.17, 15) is 0 Å². The number of para-hydroxylation sites is 2. The molecule has 0 fully saturated rings. The van der Waals surface area contributed by atoms with Crippen molar-refractivity contribution in [2.24, 2.45) is 0 Å².